The van der Waals surface area contributed by atoms with Gasteiger partial charge in [0.1, 0.15) is 0 Å². The van der Waals surface area contributed by atoms with E-state index in [4.69, 9.17) is 9.47 Å². The summed E-state index contributed by atoms with van der Waals surface area (Å²) >= 11 is 0. The fraction of sp³-hybridized carbons (Fsp3) is 0.250. The number of rotatable bonds is 4. The summed E-state index contributed by atoms with van der Waals surface area (Å²) in [5.74, 6) is 1.53. The second-order valence-electron chi connectivity index (χ2n) is 5.50. The molecule has 0 bridgehead atoms. The van der Waals surface area contributed by atoms with Crippen LogP contribution in [-0.4, -0.2) is 19.5 Å². The third-order valence-electron chi connectivity index (χ3n) is 4.05. The van der Waals surface area contributed by atoms with Crippen LogP contribution in [0.2, 0.25) is 0 Å². The molecular formula is C20H20O3. The Labute approximate surface area is 136 Å². The quantitative estimate of drug-likeness (QED) is 0.790. The predicted molar refractivity (Wildman–Crippen MR) is 91.2 cm³/mol. The molecule has 23 heavy (non-hydrogen) atoms. The summed E-state index contributed by atoms with van der Waals surface area (Å²) in [7, 11) is 1.62. The van der Waals surface area contributed by atoms with Crippen LogP contribution >= 0.6 is 0 Å². The Hall–Kier alpha value is -2.55. The van der Waals surface area contributed by atoms with Gasteiger partial charge in [0.05, 0.1) is 13.7 Å². The van der Waals surface area contributed by atoms with E-state index >= 15 is 0 Å². The van der Waals surface area contributed by atoms with Gasteiger partial charge in [-0.05, 0) is 49.1 Å². The number of Topliss-reactive ketones (excluding diaryl/α,β-unsaturated/α-hetero) is 1. The molecule has 0 atom stereocenters. The fourth-order valence-corrected chi connectivity index (χ4v) is 2.91. The highest BCUT2D eigenvalue weighted by Gasteiger charge is 2.21. The first-order valence-electron chi connectivity index (χ1n) is 7.87. The molecule has 118 valence electrons. The lowest BCUT2D eigenvalue weighted by Gasteiger charge is -2.17. The van der Waals surface area contributed by atoms with E-state index in [2.05, 4.69) is 0 Å². The normalized spacial score (nSPS) is 15.4. The van der Waals surface area contributed by atoms with Gasteiger partial charge in [-0.25, -0.2) is 0 Å². The zero-order chi connectivity index (χ0) is 16.2. The molecule has 0 saturated carbocycles. The number of methoxy groups -OCH3 is 1. The van der Waals surface area contributed by atoms with Crippen LogP contribution in [0.25, 0.3) is 6.08 Å². The summed E-state index contributed by atoms with van der Waals surface area (Å²) in [6, 6.07) is 13.6. The van der Waals surface area contributed by atoms with Crippen molar-refractivity contribution in [2.45, 2.75) is 19.8 Å². The van der Waals surface area contributed by atoms with E-state index in [1.54, 1.807) is 7.11 Å². The smallest absolute Gasteiger partial charge is 0.189 e. The Kier molecular flexibility index (Phi) is 4.47. The standard InChI is InChI=1S/C20H20O3/c1-3-23-19-13-14(8-11-18(19)22-2)12-16-10-9-15-6-4-5-7-17(15)20(16)21/h4-8,11-13H,3,9-10H2,1-2H3/b16-12+. The summed E-state index contributed by atoms with van der Waals surface area (Å²) in [6.45, 7) is 2.51. The maximum absolute atomic E-state index is 12.6. The molecule has 1 aliphatic rings. The predicted octanol–water partition coefficient (Wildman–Crippen LogP) is 4.31. The van der Waals surface area contributed by atoms with Gasteiger partial charge in [-0.1, -0.05) is 30.3 Å². The number of carbonyl (C=O) groups excluding carboxylic acids is 1. The van der Waals surface area contributed by atoms with E-state index in [0.29, 0.717) is 18.1 Å². The number of carbonyl (C=O) groups is 1. The van der Waals surface area contributed by atoms with Gasteiger partial charge in [0.25, 0.3) is 0 Å². The number of ketones is 1. The largest absolute Gasteiger partial charge is 0.493 e. The van der Waals surface area contributed by atoms with E-state index in [-0.39, 0.29) is 5.78 Å². The lowest BCUT2D eigenvalue weighted by molar-refractivity contribution is 0.102. The number of hydrogen-bond donors (Lipinski definition) is 0. The minimum absolute atomic E-state index is 0.126. The molecule has 0 radical (unpaired) electrons. The Morgan fingerprint density at radius 3 is 2.70 bits per heavy atom. The zero-order valence-electron chi connectivity index (χ0n) is 13.5. The summed E-state index contributed by atoms with van der Waals surface area (Å²) < 4.78 is 10.9. The van der Waals surface area contributed by atoms with Crippen LogP contribution in [0.15, 0.2) is 48.0 Å². The van der Waals surface area contributed by atoms with Crippen molar-refractivity contribution >= 4 is 11.9 Å². The van der Waals surface area contributed by atoms with Crippen LogP contribution in [0.3, 0.4) is 0 Å². The summed E-state index contributed by atoms with van der Waals surface area (Å²) in [5, 5.41) is 0. The van der Waals surface area contributed by atoms with Gasteiger partial charge in [0.2, 0.25) is 0 Å². The topological polar surface area (TPSA) is 35.5 Å². The summed E-state index contributed by atoms with van der Waals surface area (Å²) in [4.78, 5) is 12.6. The molecule has 0 fully saturated rings. The highest BCUT2D eigenvalue weighted by molar-refractivity contribution is 6.13. The van der Waals surface area contributed by atoms with E-state index in [9.17, 15) is 4.79 Å². The molecule has 0 N–H and O–H groups in total. The highest BCUT2D eigenvalue weighted by atomic mass is 16.5. The van der Waals surface area contributed by atoms with Gasteiger partial charge >= 0.3 is 0 Å². The molecule has 3 rings (SSSR count). The highest BCUT2D eigenvalue weighted by Crippen LogP contribution is 2.31. The lowest BCUT2D eigenvalue weighted by atomic mass is 9.86. The SMILES string of the molecule is CCOc1cc(/C=C2\CCc3ccccc3C2=O)ccc1OC. The first kappa shape index (κ1) is 15.3. The Bertz CT molecular complexity index is 759. The van der Waals surface area contributed by atoms with Gasteiger partial charge < -0.3 is 9.47 Å². The Morgan fingerprint density at radius 2 is 1.91 bits per heavy atom. The van der Waals surface area contributed by atoms with Crippen molar-refractivity contribution in [1.82, 2.24) is 0 Å². The number of hydrogen-bond acceptors (Lipinski definition) is 3. The molecule has 0 aromatic heterocycles. The lowest BCUT2D eigenvalue weighted by Crippen LogP contribution is -2.13. The number of aryl methyl sites for hydroxylation is 1. The molecule has 0 aliphatic heterocycles. The molecule has 2 aromatic rings. The third-order valence-corrected chi connectivity index (χ3v) is 4.05. The number of fused-ring (bicyclic) bond motifs is 1. The van der Waals surface area contributed by atoms with Crippen molar-refractivity contribution < 1.29 is 14.3 Å². The second kappa shape index (κ2) is 6.69. The van der Waals surface area contributed by atoms with Crippen LogP contribution in [0.4, 0.5) is 0 Å². The molecule has 0 heterocycles. The van der Waals surface area contributed by atoms with E-state index in [1.807, 2.05) is 55.5 Å². The van der Waals surface area contributed by atoms with Gasteiger partial charge in [0, 0.05) is 11.1 Å². The first-order valence-corrected chi connectivity index (χ1v) is 7.87. The first-order chi connectivity index (χ1) is 11.2. The second-order valence-corrected chi connectivity index (χ2v) is 5.50. The number of allylic oxidation sites excluding steroid dienone is 1. The molecule has 0 saturated heterocycles. The van der Waals surface area contributed by atoms with Crippen molar-refractivity contribution in [2.75, 3.05) is 13.7 Å². The number of ether oxygens (including phenoxy) is 2. The average molecular weight is 308 g/mol. The molecule has 0 unspecified atom stereocenters. The van der Waals surface area contributed by atoms with Crippen molar-refractivity contribution in [2.24, 2.45) is 0 Å². The minimum Gasteiger partial charge on any atom is -0.493 e. The Morgan fingerprint density at radius 1 is 1.09 bits per heavy atom. The van der Waals surface area contributed by atoms with E-state index in [0.717, 1.165) is 35.1 Å². The van der Waals surface area contributed by atoms with Crippen molar-refractivity contribution in [3.05, 3.63) is 64.7 Å². The summed E-state index contributed by atoms with van der Waals surface area (Å²) in [6.07, 6.45) is 3.63. The molecule has 0 spiro atoms. The van der Waals surface area contributed by atoms with Crippen molar-refractivity contribution in [1.29, 1.82) is 0 Å². The minimum atomic E-state index is 0.126. The maximum Gasteiger partial charge on any atom is 0.189 e. The molecule has 2 aromatic carbocycles. The van der Waals surface area contributed by atoms with E-state index in [1.165, 1.54) is 0 Å². The Balaban J connectivity index is 1.93. The van der Waals surface area contributed by atoms with Crippen molar-refractivity contribution in [3.63, 3.8) is 0 Å². The molecule has 3 nitrogen and oxygen atoms in total. The molecule has 0 amide bonds. The van der Waals surface area contributed by atoms with Gasteiger partial charge in [-0.2, -0.15) is 0 Å². The van der Waals surface area contributed by atoms with Crippen LogP contribution in [-0.2, 0) is 6.42 Å². The summed E-state index contributed by atoms with van der Waals surface area (Å²) in [5.41, 5.74) is 3.76. The van der Waals surface area contributed by atoms with Crippen LogP contribution in [0.5, 0.6) is 11.5 Å². The maximum atomic E-state index is 12.6. The average Bonchev–Trinajstić information content (AvgIpc) is 2.58. The monoisotopic (exact) mass is 308 g/mol. The molecule has 1 aliphatic carbocycles. The van der Waals surface area contributed by atoms with Crippen LogP contribution in [0.1, 0.15) is 34.8 Å². The van der Waals surface area contributed by atoms with Crippen LogP contribution < -0.4 is 9.47 Å². The fourth-order valence-electron chi connectivity index (χ4n) is 2.91. The van der Waals surface area contributed by atoms with E-state index < -0.39 is 0 Å². The van der Waals surface area contributed by atoms with Gasteiger partial charge in [-0.3, -0.25) is 4.79 Å². The molecular weight excluding hydrogens is 288 g/mol. The number of benzene rings is 2. The van der Waals surface area contributed by atoms with Gasteiger partial charge in [0.15, 0.2) is 17.3 Å². The van der Waals surface area contributed by atoms with Gasteiger partial charge in [-0.15, -0.1) is 0 Å². The molecule has 3 heteroatoms. The zero-order valence-corrected chi connectivity index (χ0v) is 13.5. The van der Waals surface area contributed by atoms with Crippen molar-refractivity contribution in [3.8, 4) is 11.5 Å². The van der Waals surface area contributed by atoms with Crippen LogP contribution in [0, 0.1) is 0 Å². The third kappa shape index (κ3) is 3.14.